The van der Waals surface area contributed by atoms with Crippen molar-refractivity contribution >= 4 is 50.9 Å². The monoisotopic (exact) mass is 555 g/mol. The van der Waals surface area contributed by atoms with Gasteiger partial charge in [0.1, 0.15) is 11.3 Å². The minimum Gasteiger partial charge on any atom is -0.508 e. The summed E-state index contributed by atoms with van der Waals surface area (Å²) in [5.74, 6) is -1.51. The van der Waals surface area contributed by atoms with E-state index in [1.807, 2.05) is 37.3 Å². The number of nitrogens with zero attached hydrogens (tertiary/aromatic N) is 3. The SMILES string of the molecule is Cc1ccc(CSc2nnc(N3C(=O)C(O)=C(C(=O)c4cc5ccccc5o4)[C@H]3c3cccc(O)c3)s2)cc1. The van der Waals surface area contributed by atoms with Gasteiger partial charge in [0, 0.05) is 11.1 Å². The van der Waals surface area contributed by atoms with Crippen molar-refractivity contribution in [2.75, 3.05) is 4.90 Å². The Bertz CT molecular complexity index is 1720. The van der Waals surface area contributed by atoms with E-state index in [1.165, 1.54) is 45.7 Å². The summed E-state index contributed by atoms with van der Waals surface area (Å²) >= 11 is 2.66. The summed E-state index contributed by atoms with van der Waals surface area (Å²) in [6, 6.07) is 22.1. The molecule has 2 N–H and O–H groups in total. The zero-order valence-electron chi connectivity index (χ0n) is 20.6. The zero-order valence-corrected chi connectivity index (χ0v) is 22.2. The van der Waals surface area contributed by atoms with E-state index >= 15 is 0 Å². The van der Waals surface area contributed by atoms with Crippen molar-refractivity contribution in [3.8, 4) is 5.75 Å². The first kappa shape index (κ1) is 24.9. The topological polar surface area (TPSA) is 117 Å². The Morgan fingerprint density at radius 3 is 2.59 bits per heavy atom. The van der Waals surface area contributed by atoms with E-state index < -0.39 is 23.5 Å². The van der Waals surface area contributed by atoms with Gasteiger partial charge in [0.2, 0.25) is 10.9 Å². The zero-order chi connectivity index (χ0) is 27.1. The Balaban J connectivity index is 1.36. The number of benzene rings is 3. The second-order valence-corrected chi connectivity index (χ2v) is 11.2. The van der Waals surface area contributed by atoms with Crippen molar-refractivity contribution in [3.63, 3.8) is 0 Å². The molecule has 10 heteroatoms. The Morgan fingerprint density at radius 1 is 1.03 bits per heavy atom. The number of amides is 1. The summed E-state index contributed by atoms with van der Waals surface area (Å²) in [6.45, 7) is 2.03. The molecular formula is C29H21N3O5S2. The van der Waals surface area contributed by atoms with Crippen molar-refractivity contribution in [2.45, 2.75) is 23.1 Å². The molecule has 2 aromatic heterocycles. The molecule has 194 valence electrons. The molecule has 5 aromatic rings. The van der Waals surface area contributed by atoms with E-state index in [0.717, 1.165) is 10.9 Å². The van der Waals surface area contributed by atoms with Crippen molar-refractivity contribution in [1.29, 1.82) is 0 Å². The largest absolute Gasteiger partial charge is 0.508 e. The fraction of sp³-hybridized carbons (Fsp3) is 0.103. The number of carbonyl (C=O) groups is 2. The van der Waals surface area contributed by atoms with Crippen LogP contribution in [0.4, 0.5) is 5.13 Å². The minimum absolute atomic E-state index is 0.0100. The molecule has 39 heavy (non-hydrogen) atoms. The van der Waals surface area contributed by atoms with Gasteiger partial charge in [-0.1, -0.05) is 83.3 Å². The molecular weight excluding hydrogens is 534 g/mol. The molecule has 0 spiro atoms. The molecule has 1 aliphatic heterocycles. The molecule has 0 aliphatic carbocycles. The number of fused-ring (bicyclic) bond motifs is 1. The number of anilines is 1. The lowest BCUT2D eigenvalue weighted by Gasteiger charge is -2.23. The van der Waals surface area contributed by atoms with E-state index in [1.54, 1.807) is 36.4 Å². The number of hydrogen-bond acceptors (Lipinski definition) is 9. The fourth-order valence-corrected chi connectivity index (χ4v) is 6.28. The number of aromatic hydroxyl groups is 1. The number of aromatic nitrogens is 2. The predicted molar refractivity (Wildman–Crippen MR) is 149 cm³/mol. The first-order chi connectivity index (χ1) is 18.9. The summed E-state index contributed by atoms with van der Waals surface area (Å²) in [4.78, 5) is 28.4. The molecule has 0 fully saturated rings. The first-order valence-corrected chi connectivity index (χ1v) is 13.8. The van der Waals surface area contributed by atoms with Crippen LogP contribution < -0.4 is 4.90 Å². The van der Waals surface area contributed by atoms with Crippen LogP contribution >= 0.6 is 23.1 Å². The van der Waals surface area contributed by atoms with Gasteiger partial charge in [0.15, 0.2) is 15.9 Å². The molecule has 0 radical (unpaired) electrons. The fourth-order valence-electron chi connectivity index (χ4n) is 4.46. The van der Waals surface area contributed by atoms with Gasteiger partial charge in [0.05, 0.1) is 11.6 Å². The standard InChI is InChI=1S/C29H21N3O5S2/c1-16-9-11-17(12-10-16)15-38-29-31-30-28(39-29)32-24(19-6-4-7-20(33)13-19)23(26(35)27(32)36)25(34)22-14-18-5-2-3-8-21(18)37-22/h2-14,24,33,35H,15H2,1H3/t24-/m1/s1. The third-order valence-electron chi connectivity index (χ3n) is 6.37. The highest BCUT2D eigenvalue weighted by atomic mass is 32.2. The number of hydrogen-bond donors (Lipinski definition) is 2. The summed E-state index contributed by atoms with van der Waals surface area (Å²) < 4.78 is 6.39. The number of furan rings is 1. The number of aliphatic hydroxyl groups is 1. The molecule has 1 amide bonds. The smallest absolute Gasteiger partial charge is 0.296 e. The normalized spacial score (nSPS) is 15.5. The van der Waals surface area contributed by atoms with Crippen LogP contribution in [-0.2, 0) is 10.5 Å². The van der Waals surface area contributed by atoms with E-state index in [0.29, 0.717) is 21.2 Å². The second-order valence-electron chi connectivity index (χ2n) is 9.04. The summed E-state index contributed by atoms with van der Waals surface area (Å²) in [7, 11) is 0. The maximum atomic E-state index is 13.7. The Morgan fingerprint density at radius 2 is 1.82 bits per heavy atom. The number of rotatable bonds is 7. The van der Waals surface area contributed by atoms with Crippen LogP contribution in [-0.4, -0.2) is 32.1 Å². The van der Waals surface area contributed by atoms with Gasteiger partial charge >= 0.3 is 0 Å². The lowest BCUT2D eigenvalue weighted by Crippen LogP contribution is -2.31. The molecule has 0 saturated carbocycles. The average Bonchev–Trinajstić information content (AvgIpc) is 3.64. The quantitative estimate of drug-likeness (QED) is 0.135. The van der Waals surface area contributed by atoms with E-state index in [9.17, 15) is 19.8 Å². The highest BCUT2D eigenvalue weighted by Gasteiger charge is 2.47. The number of thioether (sulfide) groups is 1. The van der Waals surface area contributed by atoms with Gasteiger partial charge in [-0.3, -0.25) is 14.5 Å². The van der Waals surface area contributed by atoms with Crippen LogP contribution in [0.1, 0.15) is 33.3 Å². The molecule has 3 heterocycles. The van der Waals surface area contributed by atoms with E-state index in [-0.39, 0.29) is 22.2 Å². The van der Waals surface area contributed by atoms with E-state index in [2.05, 4.69) is 10.2 Å². The van der Waals surface area contributed by atoms with Gasteiger partial charge in [-0.05, 0) is 42.3 Å². The van der Waals surface area contributed by atoms with E-state index in [4.69, 9.17) is 4.42 Å². The molecule has 0 unspecified atom stereocenters. The first-order valence-electron chi connectivity index (χ1n) is 12.0. The third kappa shape index (κ3) is 4.68. The predicted octanol–water partition coefficient (Wildman–Crippen LogP) is 6.37. The maximum Gasteiger partial charge on any atom is 0.296 e. The van der Waals surface area contributed by atoms with Gasteiger partial charge in [-0.25, -0.2) is 0 Å². The number of Topliss-reactive ketones (excluding diaryl/α,β-unsaturated/α-hetero) is 1. The number of aryl methyl sites for hydroxylation is 1. The highest BCUT2D eigenvalue weighted by molar-refractivity contribution is 8.00. The number of aliphatic hydroxyl groups excluding tert-OH is 1. The summed E-state index contributed by atoms with van der Waals surface area (Å²) in [5.41, 5.74) is 3.07. The summed E-state index contributed by atoms with van der Waals surface area (Å²) in [5, 5.41) is 30.6. The van der Waals surface area contributed by atoms with Gasteiger partial charge in [-0.15, -0.1) is 10.2 Å². The van der Waals surface area contributed by atoms with Crippen LogP contribution in [0.5, 0.6) is 5.75 Å². The highest BCUT2D eigenvalue weighted by Crippen LogP contribution is 2.44. The van der Waals surface area contributed by atoms with Crippen LogP contribution in [0.2, 0.25) is 0 Å². The lowest BCUT2D eigenvalue weighted by molar-refractivity contribution is -0.117. The molecule has 0 saturated heterocycles. The lowest BCUT2D eigenvalue weighted by atomic mass is 9.95. The van der Waals surface area contributed by atoms with Crippen molar-refractivity contribution in [1.82, 2.24) is 10.2 Å². The van der Waals surface area contributed by atoms with Gasteiger partial charge in [0.25, 0.3) is 5.91 Å². The van der Waals surface area contributed by atoms with Crippen LogP contribution in [0.15, 0.2) is 99.0 Å². The van der Waals surface area contributed by atoms with Gasteiger partial charge in [-0.2, -0.15) is 0 Å². The van der Waals surface area contributed by atoms with Crippen molar-refractivity contribution in [3.05, 3.63) is 113 Å². The average molecular weight is 556 g/mol. The van der Waals surface area contributed by atoms with Crippen molar-refractivity contribution in [2.24, 2.45) is 0 Å². The Hall–Kier alpha value is -4.41. The van der Waals surface area contributed by atoms with Crippen LogP contribution in [0.25, 0.3) is 11.0 Å². The van der Waals surface area contributed by atoms with Crippen LogP contribution in [0, 0.1) is 6.92 Å². The van der Waals surface area contributed by atoms with Gasteiger partial charge < -0.3 is 14.6 Å². The number of ketones is 1. The molecule has 0 bridgehead atoms. The number of carbonyl (C=O) groups excluding carboxylic acids is 2. The summed E-state index contributed by atoms with van der Waals surface area (Å²) in [6.07, 6.45) is 0. The molecule has 3 aromatic carbocycles. The molecule has 6 rings (SSSR count). The molecule has 8 nitrogen and oxygen atoms in total. The van der Waals surface area contributed by atoms with Crippen molar-refractivity contribution < 1.29 is 24.2 Å². The third-order valence-corrected chi connectivity index (χ3v) is 8.50. The Labute approximate surface area is 231 Å². The minimum atomic E-state index is -1.05. The maximum absolute atomic E-state index is 13.7. The number of phenols is 1. The Kier molecular flexibility index (Phi) is 6.41. The molecule has 1 aliphatic rings. The van der Waals surface area contributed by atoms with Crippen LogP contribution in [0.3, 0.4) is 0 Å². The molecule has 1 atom stereocenters. The number of para-hydroxylation sites is 1. The number of phenolic OH excluding ortho intramolecular Hbond substituents is 1. The second kappa shape index (κ2) is 10.0.